The fourth-order valence-electron chi connectivity index (χ4n) is 2.56. The lowest BCUT2D eigenvalue weighted by molar-refractivity contribution is -0.138. The van der Waals surface area contributed by atoms with Crippen molar-refractivity contribution in [2.24, 2.45) is 0 Å². The van der Waals surface area contributed by atoms with Gasteiger partial charge in [0, 0.05) is 6.42 Å². The zero-order chi connectivity index (χ0) is 13.4. The van der Waals surface area contributed by atoms with E-state index in [4.69, 9.17) is 0 Å². The topological polar surface area (TPSA) is 20.2 Å². The number of benzene rings is 1. The first kappa shape index (κ1) is 13.3. The normalized spacial score (nSPS) is 23.2. The van der Waals surface area contributed by atoms with Crippen LogP contribution in [0.4, 0.5) is 17.6 Å². The Labute approximate surface area is 102 Å². The summed E-state index contributed by atoms with van der Waals surface area (Å²) in [6, 6.07) is 4.38. The molecule has 0 radical (unpaired) electrons. The molecule has 0 aliphatic heterocycles. The summed E-state index contributed by atoms with van der Waals surface area (Å²) in [7, 11) is 0. The van der Waals surface area contributed by atoms with Crippen molar-refractivity contribution in [1.29, 1.82) is 0 Å². The van der Waals surface area contributed by atoms with Gasteiger partial charge in [-0.3, -0.25) is 0 Å². The van der Waals surface area contributed by atoms with Crippen molar-refractivity contribution in [2.75, 3.05) is 0 Å². The molecule has 18 heavy (non-hydrogen) atoms. The van der Waals surface area contributed by atoms with Crippen molar-refractivity contribution in [3.05, 3.63) is 35.1 Å². The van der Waals surface area contributed by atoms with E-state index in [9.17, 15) is 22.7 Å². The standard InChI is InChI=1S/C13H14F4O/c14-11-4-1-3-10-9(11)5-8-12(10,18)6-2-7-13(15,16)17/h1,3-4,18H,2,5-8H2. The minimum atomic E-state index is -4.21. The molecule has 100 valence electrons. The van der Waals surface area contributed by atoms with Crippen LogP contribution >= 0.6 is 0 Å². The molecule has 1 atom stereocenters. The van der Waals surface area contributed by atoms with E-state index in [0.29, 0.717) is 24.0 Å². The quantitative estimate of drug-likeness (QED) is 0.824. The van der Waals surface area contributed by atoms with Gasteiger partial charge in [0.2, 0.25) is 0 Å². The zero-order valence-electron chi connectivity index (χ0n) is 9.73. The molecule has 1 N–H and O–H groups in total. The molecule has 1 unspecified atom stereocenters. The van der Waals surface area contributed by atoms with Gasteiger partial charge >= 0.3 is 6.18 Å². The third-order valence-electron chi connectivity index (χ3n) is 3.46. The van der Waals surface area contributed by atoms with Crippen molar-refractivity contribution in [3.8, 4) is 0 Å². The second kappa shape index (κ2) is 4.53. The first-order chi connectivity index (χ1) is 8.32. The number of hydrogen-bond acceptors (Lipinski definition) is 1. The molecule has 0 aromatic heterocycles. The third-order valence-corrected chi connectivity index (χ3v) is 3.46. The second-order valence-electron chi connectivity index (χ2n) is 4.77. The molecular formula is C13H14F4O. The Bertz CT molecular complexity index is 441. The minimum absolute atomic E-state index is 0.0168. The van der Waals surface area contributed by atoms with Gasteiger partial charge in [0.1, 0.15) is 5.82 Å². The Kier molecular flexibility index (Phi) is 3.36. The Morgan fingerprint density at radius 3 is 2.67 bits per heavy atom. The predicted molar refractivity (Wildman–Crippen MR) is 58.5 cm³/mol. The molecule has 0 saturated carbocycles. The first-order valence-electron chi connectivity index (χ1n) is 5.89. The third kappa shape index (κ3) is 2.66. The Morgan fingerprint density at radius 2 is 2.00 bits per heavy atom. The van der Waals surface area contributed by atoms with Crippen molar-refractivity contribution < 1.29 is 22.7 Å². The van der Waals surface area contributed by atoms with Crippen LogP contribution in [-0.2, 0) is 12.0 Å². The summed E-state index contributed by atoms with van der Waals surface area (Å²) in [5, 5.41) is 10.3. The van der Waals surface area contributed by atoms with Crippen LogP contribution in [0.3, 0.4) is 0 Å². The van der Waals surface area contributed by atoms with Crippen LogP contribution in [0.1, 0.15) is 36.8 Å². The van der Waals surface area contributed by atoms with E-state index in [1.165, 1.54) is 12.1 Å². The van der Waals surface area contributed by atoms with Crippen molar-refractivity contribution in [1.82, 2.24) is 0 Å². The molecule has 1 nitrogen and oxygen atoms in total. The van der Waals surface area contributed by atoms with Crippen LogP contribution in [0.15, 0.2) is 18.2 Å². The maximum absolute atomic E-state index is 13.5. The van der Waals surface area contributed by atoms with E-state index >= 15 is 0 Å². The van der Waals surface area contributed by atoms with Crippen molar-refractivity contribution in [3.63, 3.8) is 0 Å². The van der Waals surface area contributed by atoms with Crippen LogP contribution < -0.4 is 0 Å². The maximum Gasteiger partial charge on any atom is 0.389 e. The molecule has 1 aliphatic rings. The van der Waals surface area contributed by atoms with Crippen LogP contribution in [0.25, 0.3) is 0 Å². The van der Waals surface area contributed by atoms with Crippen LogP contribution in [-0.4, -0.2) is 11.3 Å². The number of rotatable bonds is 3. The molecule has 1 aromatic carbocycles. The number of aliphatic hydroxyl groups is 1. The molecule has 0 fully saturated rings. The SMILES string of the molecule is OC1(CCCC(F)(F)F)CCc2c(F)cccc21. The largest absolute Gasteiger partial charge is 0.389 e. The van der Waals surface area contributed by atoms with Gasteiger partial charge in [-0.1, -0.05) is 12.1 Å². The summed E-state index contributed by atoms with van der Waals surface area (Å²) in [5.41, 5.74) is -0.417. The zero-order valence-corrected chi connectivity index (χ0v) is 9.73. The monoisotopic (exact) mass is 262 g/mol. The van der Waals surface area contributed by atoms with Gasteiger partial charge in [0.05, 0.1) is 5.60 Å². The maximum atomic E-state index is 13.5. The predicted octanol–water partition coefficient (Wildman–Crippen LogP) is 3.69. The van der Waals surface area contributed by atoms with Crippen LogP contribution in [0.5, 0.6) is 0 Å². The van der Waals surface area contributed by atoms with E-state index in [-0.39, 0.29) is 18.7 Å². The summed E-state index contributed by atoms with van der Waals surface area (Å²) >= 11 is 0. The molecule has 0 bridgehead atoms. The van der Waals surface area contributed by atoms with Crippen molar-refractivity contribution in [2.45, 2.75) is 43.9 Å². The molecular weight excluding hydrogens is 248 g/mol. The van der Waals surface area contributed by atoms with Gasteiger partial charge in [-0.15, -0.1) is 0 Å². The van der Waals surface area contributed by atoms with Crippen LogP contribution in [0, 0.1) is 5.82 Å². The Morgan fingerprint density at radius 1 is 1.28 bits per heavy atom. The van der Waals surface area contributed by atoms with E-state index in [1.54, 1.807) is 6.07 Å². The van der Waals surface area contributed by atoms with Gasteiger partial charge in [0.15, 0.2) is 0 Å². The van der Waals surface area contributed by atoms with E-state index in [1.807, 2.05) is 0 Å². The molecule has 1 aromatic rings. The summed E-state index contributed by atoms with van der Waals surface area (Å²) in [5.74, 6) is -0.390. The summed E-state index contributed by atoms with van der Waals surface area (Å²) < 4.78 is 49.7. The lowest BCUT2D eigenvalue weighted by Crippen LogP contribution is -2.23. The lowest BCUT2D eigenvalue weighted by Gasteiger charge is -2.24. The highest BCUT2D eigenvalue weighted by molar-refractivity contribution is 5.38. The fraction of sp³-hybridized carbons (Fsp3) is 0.538. The highest BCUT2D eigenvalue weighted by atomic mass is 19.4. The average Bonchev–Trinajstić information content (AvgIpc) is 2.57. The molecule has 2 rings (SSSR count). The molecule has 5 heteroatoms. The van der Waals surface area contributed by atoms with Gasteiger partial charge in [0.25, 0.3) is 0 Å². The highest BCUT2D eigenvalue weighted by Crippen LogP contribution is 2.42. The van der Waals surface area contributed by atoms with Gasteiger partial charge in [-0.25, -0.2) is 4.39 Å². The molecule has 0 saturated heterocycles. The highest BCUT2D eigenvalue weighted by Gasteiger charge is 2.38. The van der Waals surface area contributed by atoms with Crippen LogP contribution in [0.2, 0.25) is 0 Å². The second-order valence-corrected chi connectivity index (χ2v) is 4.77. The molecule has 0 spiro atoms. The summed E-state index contributed by atoms with van der Waals surface area (Å²) in [6.45, 7) is 0. The van der Waals surface area contributed by atoms with E-state index in [2.05, 4.69) is 0 Å². The molecule has 0 amide bonds. The smallest absolute Gasteiger partial charge is 0.385 e. The number of alkyl halides is 3. The van der Waals surface area contributed by atoms with Gasteiger partial charge < -0.3 is 5.11 Å². The Balaban J connectivity index is 2.09. The van der Waals surface area contributed by atoms with E-state index in [0.717, 1.165) is 0 Å². The lowest BCUT2D eigenvalue weighted by atomic mass is 9.90. The molecule has 1 aliphatic carbocycles. The van der Waals surface area contributed by atoms with Crippen molar-refractivity contribution >= 4 is 0 Å². The van der Waals surface area contributed by atoms with E-state index < -0.39 is 18.2 Å². The number of halogens is 4. The van der Waals surface area contributed by atoms with Gasteiger partial charge in [-0.2, -0.15) is 13.2 Å². The Hall–Kier alpha value is -1.10. The minimum Gasteiger partial charge on any atom is -0.385 e. The van der Waals surface area contributed by atoms with Gasteiger partial charge in [-0.05, 0) is 42.9 Å². The fourth-order valence-corrected chi connectivity index (χ4v) is 2.56. The molecule has 0 heterocycles. The number of fused-ring (bicyclic) bond motifs is 1. The number of hydrogen-bond donors (Lipinski definition) is 1. The summed E-state index contributed by atoms with van der Waals surface area (Å²) in [6.07, 6.45) is -4.58. The average molecular weight is 262 g/mol. The summed E-state index contributed by atoms with van der Waals surface area (Å²) in [4.78, 5) is 0. The first-order valence-corrected chi connectivity index (χ1v) is 5.89.